The van der Waals surface area contributed by atoms with Crippen LogP contribution in [0.3, 0.4) is 0 Å². The van der Waals surface area contributed by atoms with Gasteiger partial charge in [-0.05, 0) is 29.6 Å². The van der Waals surface area contributed by atoms with Crippen LogP contribution in [-0.2, 0) is 0 Å². The van der Waals surface area contributed by atoms with E-state index in [0.29, 0.717) is 5.75 Å². The Morgan fingerprint density at radius 3 is 2.29 bits per heavy atom. The Kier molecular flexibility index (Phi) is 3.85. The standard InChI is InChI=1S/C17H22O3Si/c1-17(2,3)21(4,5)20-15-13-9-7-6-8-12(13)10-11-14(15)16(18)19/h6-11H,1-5H3,(H,18,19)/p-1. The summed E-state index contributed by atoms with van der Waals surface area (Å²) < 4.78 is 6.29. The number of carboxylic acids is 1. The Morgan fingerprint density at radius 2 is 1.71 bits per heavy atom. The molecular formula is C17H21O3Si-. The number of rotatable bonds is 3. The molecule has 21 heavy (non-hydrogen) atoms. The third kappa shape index (κ3) is 2.95. The zero-order valence-electron chi connectivity index (χ0n) is 13.2. The number of fused-ring (bicyclic) bond motifs is 1. The van der Waals surface area contributed by atoms with Crippen LogP contribution < -0.4 is 9.53 Å². The molecular weight excluding hydrogens is 280 g/mol. The highest BCUT2D eigenvalue weighted by Crippen LogP contribution is 2.40. The van der Waals surface area contributed by atoms with Gasteiger partial charge in [0.1, 0.15) is 5.75 Å². The fourth-order valence-electron chi connectivity index (χ4n) is 1.92. The average molecular weight is 301 g/mol. The van der Waals surface area contributed by atoms with Crippen LogP contribution in [0.5, 0.6) is 5.75 Å². The minimum Gasteiger partial charge on any atom is -0.545 e. The zero-order valence-corrected chi connectivity index (χ0v) is 14.2. The first-order chi connectivity index (χ1) is 9.63. The highest BCUT2D eigenvalue weighted by molar-refractivity contribution is 6.74. The topological polar surface area (TPSA) is 49.4 Å². The molecule has 2 aromatic carbocycles. The van der Waals surface area contributed by atoms with E-state index in [1.807, 2.05) is 24.3 Å². The van der Waals surface area contributed by atoms with Crippen molar-refractivity contribution in [2.75, 3.05) is 0 Å². The van der Waals surface area contributed by atoms with Crippen molar-refractivity contribution in [3.8, 4) is 5.75 Å². The van der Waals surface area contributed by atoms with E-state index in [1.165, 1.54) is 0 Å². The average Bonchev–Trinajstić information content (AvgIpc) is 2.37. The molecule has 0 amide bonds. The summed E-state index contributed by atoms with van der Waals surface area (Å²) in [6, 6.07) is 11.0. The largest absolute Gasteiger partial charge is 0.545 e. The number of aromatic carboxylic acids is 1. The molecule has 0 aromatic heterocycles. The van der Waals surface area contributed by atoms with E-state index >= 15 is 0 Å². The van der Waals surface area contributed by atoms with Crippen molar-refractivity contribution in [1.29, 1.82) is 0 Å². The Balaban J connectivity index is 2.65. The number of hydrogen-bond acceptors (Lipinski definition) is 3. The second-order valence-electron chi connectivity index (χ2n) is 6.81. The minimum atomic E-state index is -2.13. The maximum atomic E-state index is 11.4. The Labute approximate surface area is 126 Å². The van der Waals surface area contributed by atoms with Crippen LogP contribution in [0.15, 0.2) is 36.4 Å². The second-order valence-corrected chi connectivity index (χ2v) is 11.5. The number of carboxylic acid groups (broad SMARTS) is 1. The van der Waals surface area contributed by atoms with E-state index in [2.05, 4.69) is 33.9 Å². The van der Waals surface area contributed by atoms with Crippen molar-refractivity contribution in [2.24, 2.45) is 0 Å². The van der Waals surface area contributed by atoms with Crippen LogP contribution in [0.1, 0.15) is 31.1 Å². The van der Waals surface area contributed by atoms with Crippen molar-refractivity contribution < 1.29 is 14.3 Å². The summed E-state index contributed by atoms with van der Waals surface area (Å²) in [5, 5.41) is 13.2. The lowest BCUT2D eigenvalue weighted by atomic mass is 10.1. The van der Waals surface area contributed by atoms with Crippen molar-refractivity contribution >= 4 is 25.1 Å². The van der Waals surface area contributed by atoms with E-state index in [-0.39, 0.29) is 10.6 Å². The van der Waals surface area contributed by atoms with Gasteiger partial charge in [-0.25, -0.2) is 0 Å². The number of hydrogen-bond donors (Lipinski definition) is 0. The summed E-state index contributed by atoms with van der Waals surface area (Å²) in [6.45, 7) is 10.6. The molecule has 0 saturated heterocycles. The van der Waals surface area contributed by atoms with Gasteiger partial charge in [0.2, 0.25) is 0 Å². The molecule has 0 saturated carbocycles. The number of carbonyl (C=O) groups excluding carboxylic acids is 1. The van der Waals surface area contributed by atoms with Gasteiger partial charge in [-0.1, -0.05) is 51.1 Å². The highest BCUT2D eigenvalue weighted by Gasteiger charge is 2.39. The van der Waals surface area contributed by atoms with Crippen LogP contribution in [0.2, 0.25) is 18.1 Å². The van der Waals surface area contributed by atoms with E-state index in [9.17, 15) is 9.90 Å². The highest BCUT2D eigenvalue weighted by atomic mass is 28.4. The monoisotopic (exact) mass is 301 g/mol. The predicted molar refractivity (Wildman–Crippen MR) is 86.1 cm³/mol. The second kappa shape index (κ2) is 5.19. The van der Waals surface area contributed by atoms with Gasteiger partial charge < -0.3 is 14.3 Å². The molecule has 0 unspecified atom stereocenters. The maximum absolute atomic E-state index is 11.4. The van der Waals surface area contributed by atoms with Gasteiger partial charge >= 0.3 is 0 Å². The smallest absolute Gasteiger partial charge is 0.250 e. The summed E-state index contributed by atoms with van der Waals surface area (Å²) in [5.74, 6) is -0.755. The molecule has 0 aliphatic heterocycles. The SMILES string of the molecule is CC(C)(C)[Si](C)(C)Oc1c(C(=O)[O-])ccc2ccccc12. The molecule has 2 aromatic rings. The fourth-order valence-corrected chi connectivity index (χ4v) is 2.96. The third-order valence-electron chi connectivity index (χ3n) is 4.26. The van der Waals surface area contributed by atoms with Crippen LogP contribution >= 0.6 is 0 Å². The first-order valence-electron chi connectivity index (χ1n) is 7.05. The van der Waals surface area contributed by atoms with Gasteiger partial charge in [0.05, 0.1) is 5.97 Å². The van der Waals surface area contributed by atoms with Gasteiger partial charge in [0, 0.05) is 10.9 Å². The molecule has 0 spiro atoms. The lowest BCUT2D eigenvalue weighted by Gasteiger charge is -2.37. The lowest BCUT2D eigenvalue weighted by Crippen LogP contribution is -2.44. The van der Waals surface area contributed by atoms with Crippen molar-refractivity contribution in [2.45, 2.75) is 38.9 Å². The minimum absolute atomic E-state index is 0.00680. The Hall–Kier alpha value is -1.81. The van der Waals surface area contributed by atoms with Gasteiger partial charge in [-0.15, -0.1) is 0 Å². The van der Waals surface area contributed by atoms with E-state index in [1.54, 1.807) is 12.1 Å². The predicted octanol–water partition coefficient (Wildman–Crippen LogP) is 3.59. The van der Waals surface area contributed by atoms with Gasteiger partial charge in [0.25, 0.3) is 8.32 Å². The lowest BCUT2D eigenvalue weighted by molar-refractivity contribution is -0.255. The summed E-state index contributed by atoms with van der Waals surface area (Å²) in [7, 11) is -2.13. The van der Waals surface area contributed by atoms with Crippen LogP contribution in [0.4, 0.5) is 0 Å². The molecule has 0 N–H and O–H groups in total. The summed E-state index contributed by atoms with van der Waals surface area (Å²) >= 11 is 0. The first kappa shape index (κ1) is 15.6. The summed E-state index contributed by atoms with van der Waals surface area (Å²) in [5.41, 5.74) is 0.124. The molecule has 4 heteroatoms. The zero-order chi connectivity index (χ0) is 15.8. The van der Waals surface area contributed by atoms with Crippen molar-refractivity contribution in [3.63, 3.8) is 0 Å². The van der Waals surface area contributed by atoms with E-state index in [0.717, 1.165) is 10.8 Å². The third-order valence-corrected chi connectivity index (χ3v) is 8.59. The molecule has 0 aliphatic carbocycles. The van der Waals surface area contributed by atoms with E-state index in [4.69, 9.17) is 4.43 Å². The summed E-state index contributed by atoms with van der Waals surface area (Å²) in [4.78, 5) is 11.4. The molecule has 0 radical (unpaired) electrons. The normalized spacial score (nSPS) is 12.4. The molecule has 0 atom stereocenters. The molecule has 0 fully saturated rings. The van der Waals surface area contributed by atoms with Gasteiger partial charge in [0.15, 0.2) is 0 Å². The maximum Gasteiger partial charge on any atom is 0.250 e. The van der Waals surface area contributed by atoms with Crippen molar-refractivity contribution in [1.82, 2.24) is 0 Å². The number of benzene rings is 2. The van der Waals surface area contributed by atoms with Crippen LogP contribution in [0, 0.1) is 0 Å². The van der Waals surface area contributed by atoms with Gasteiger partial charge in [-0.3, -0.25) is 0 Å². The van der Waals surface area contributed by atoms with Gasteiger partial charge in [-0.2, -0.15) is 0 Å². The molecule has 0 bridgehead atoms. The van der Waals surface area contributed by atoms with Crippen molar-refractivity contribution in [3.05, 3.63) is 42.0 Å². The number of carbonyl (C=O) groups is 1. The fraction of sp³-hybridized carbons (Fsp3) is 0.353. The van der Waals surface area contributed by atoms with Crippen LogP contribution in [0.25, 0.3) is 10.8 Å². The van der Waals surface area contributed by atoms with E-state index < -0.39 is 14.3 Å². The first-order valence-corrected chi connectivity index (χ1v) is 9.96. The Morgan fingerprint density at radius 1 is 1.10 bits per heavy atom. The van der Waals surface area contributed by atoms with Crippen LogP contribution in [-0.4, -0.2) is 14.3 Å². The quantitative estimate of drug-likeness (QED) is 0.814. The molecule has 2 rings (SSSR count). The molecule has 0 aliphatic rings. The Bertz CT molecular complexity index is 684. The molecule has 3 nitrogen and oxygen atoms in total. The summed E-state index contributed by atoms with van der Waals surface area (Å²) in [6.07, 6.45) is 0. The molecule has 112 valence electrons. The molecule has 0 heterocycles.